The smallest absolute Gasteiger partial charge is 0.251 e. The number of carbonyl (C=O) groups excluding carboxylic acids is 2. The van der Waals surface area contributed by atoms with E-state index in [0.29, 0.717) is 29.7 Å². The molecule has 0 radical (unpaired) electrons. The lowest BCUT2D eigenvalue weighted by Crippen LogP contribution is -2.55. The number of hydrogen-bond donors (Lipinski definition) is 1. The molecule has 5 nitrogen and oxygen atoms in total. The van der Waals surface area contributed by atoms with Crippen molar-refractivity contribution in [1.82, 2.24) is 15.2 Å². The van der Waals surface area contributed by atoms with E-state index in [4.69, 9.17) is 0 Å². The molecule has 4 aliphatic rings. The highest BCUT2D eigenvalue weighted by molar-refractivity contribution is 5.94. The van der Waals surface area contributed by atoms with Crippen molar-refractivity contribution < 1.29 is 9.59 Å². The molecule has 1 unspecified atom stereocenters. The standard InChI is InChI=1S/C25H33N3O2/c1-24-12-8-19-17(4-7-21-25(19,2)13-9-22(29)28(21)3)18(24)5-6-20(24)27-23(30)16-10-14-26-15-11-16/h7,10-11,14-15,17-20H,4-6,8-9,12-13H2,1-3H3,(H,27,30)/t17-,18-,19+,20?,24-,25+/m0/s1. The number of aromatic nitrogens is 1. The number of nitrogens with one attached hydrogen (secondary N) is 1. The summed E-state index contributed by atoms with van der Waals surface area (Å²) < 4.78 is 0. The van der Waals surface area contributed by atoms with Gasteiger partial charge in [0.25, 0.3) is 5.91 Å². The minimum absolute atomic E-state index is 0.0246. The molecule has 3 fully saturated rings. The van der Waals surface area contributed by atoms with Gasteiger partial charge in [-0.05, 0) is 73.8 Å². The molecule has 2 saturated carbocycles. The predicted octanol–water partition coefficient (Wildman–Crippen LogP) is 4.17. The van der Waals surface area contributed by atoms with Crippen LogP contribution in [-0.4, -0.2) is 34.8 Å². The molecule has 1 saturated heterocycles. The summed E-state index contributed by atoms with van der Waals surface area (Å²) in [5, 5.41) is 3.37. The van der Waals surface area contributed by atoms with Crippen LogP contribution in [0, 0.1) is 28.6 Å². The number of piperidine rings is 1. The fourth-order valence-electron chi connectivity index (χ4n) is 7.56. The van der Waals surface area contributed by atoms with Crippen LogP contribution in [-0.2, 0) is 4.79 Å². The highest BCUT2D eigenvalue weighted by Gasteiger charge is 2.59. The van der Waals surface area contributed by atoms with Crippen molar-refractivity contribution >= 4 is 11.8 Å². The third-order valence-corrected chi connectivity index (χ3v) is 9.27. The molecule has 0 spiro atoms. The van der Waals surface area contributed by atoms with Crippen molar-refractivity contribution in [2.24, 2.45) is 28.6 Å². The Kier molecular flexibility index (Phi) is 4.57. The Morgan fingerprint density at radius 1 is 1.13 bits per heavy atom. The first-order chi connectivity index (χ1) is 14.3. The second-order valence-electron chi connectivity index (χ2n) is 10.5. The van der Waals surface area contributed by atoms with Crippen molar-refractivity contribution in [2.45, 2.75) is 64.8 Å². The van der Waals surface area contributed by atoms with Gasteiger partial charge in [0.1, 0.15) is 0 Å². The maximum Gasteiger partial charge on any atom is 0.251 e. The van der Waals surface area contributed by atoms with Crippen LogP contribution in [0.3, 0.4) is 0 Å². The van der Waals surface area contributed by atoms with Gasteiger partial charge >= 0.3 is 0 Å². The zero-order chi connectivity index (χ0) is 21.1. The second-order valence-corrected chi connectivity index (χ2v) is 10.5. The summed E-state index contributed by atoms with van der Waals surface area (Å²) in [5.74, 6) is 2.22. The van der Waals surface area contributed by atoms with E-state index in [-0.39, 0.29) is 28.7 Å². The Bertz CT molecular complexity index is 897. The molecule has 1 aliphatic heterocycles. The summed E-state index contributed by atoms with van der Waals surface area (Å²) in [6, 6.07) is 3.81. The molecule has 6 atom stereocenters. The molecule has 3 aliphatic carbocycles. The Balaban J connectivity index is 1.38. The van der Waals surface area contributed by atoms with Crippen LogP contribution in [0.4, 0.5) is 0 Å². The summed E-state index contributed by atoms with van der Waals surface area (Å²) >= 11 is 0. The van der Waals surface area contributed by atoms with E-state index in [2.05, 4.69) is 30.2 Å². The van der Waals surface area contributed by atoms with Crippen molar-refractivity contribution in [3.8, 4) is 0 Å². The van der Waals surface area contributed by atoms with Crippen molar-refractivity contribution in [3.05, 3.63) is 41.9 Å². The number of fused-ring (bicyclic) bond motifs is 5. The molecular formula is C25H33N3O2. The largest absolute Gasteiger partial charge is 0.349 e. The quantitative estimate of drug-likeness (QED) is 0.800. The fraction of sp³-hybridized carbons (Fsp3) is 0.640. The molecule has 0 aromatic carbocycles. The van der Waals surface area contributed by atoms with Gasteiger partial charge in [0.2, 0.25) is 5.91 Å². The van der Waals surface area contributed by atoms with E-state index < -0.39 is 0 Å². The summed E-state index contributed by atoms with van der Waals surface area (Å²) in [6.45, 7) is 4.81. The van der Waals surface area contributed by atoms with Crippen LogP contribution in [0.1, 0.15) is 69.2 Å². The molecule has 160 valence electrons. The average Bonchev–Trinajstić information content (AvgIpc) is 3.08. The van der Waals surface area contributed by atoms with Crippen LogP contribution in [0.2, 0.25) is 0 Å². The van der Waals surface area contributed by atoms with Crippen LogP contribution < -0.4 is 5.32 Å². The molecule has 5 rings (SSSR count). The number of nitrogens with zero attached hydrogens (tertiary/aromatic N) is 2. The monoisotopic (exact) mass is 407 g/mol. The maximum atomic E-state index is 12.8. The van der Waals surface area contributed by atoms with Crippen LogP contribution in [0.15, 0.2) is 36.3 Å². The van der Waals surface area contributed by atoms with E-state index in [1.807, 2.05) is 11.9 Å². The summed E-state index contributed by atoms with van der Waals surface area (Å²) in [7, 11) is 1.96. The number of likely N-dealkylation sites (tertiary alicyclic amines) is 1. The topological polar surface area (TPSA) is 62.3 Å². The number of hydrogen-bond acceptors (Lipinski definition) is 3. The van der Waals surface area contributed by atoms with E-state index in [9.17, 15) is 9.59 Å². The summed E-state index contributed by atoms with van der Waals surface area (Å²) in [6.07, 6.45) is 13.0. The lowest BCUT2D eigenvalue weighted by atomic mass is 9.49. The van der Waals surface area contributed by atoms with Crippen molar-refractivity contribution in [1.29, 1.82) is 0 Å². The first-order valence-corrected chi connectivity index (χ1v) is 11.5. The SMILES string of the molecule is CN1C(=O)CC[C@@]2(C)C1=CC[C@@H]1[C@H]2CC[C@]2(C)C(NC(=O)c3ccncc3)CC[C@@H]12. The van der Waals surface area contributed by atoms with Crippen LogP contribution in [0.25, 0.3) is 0 Å². The van der Waals surface area contributed by atoms with Gasteiger partial charge in [0, 0.05) is 48.6 Å². The predicted molar refractivity (Wildman–Crippen MR) is 115 cm³/mol. The Labute approximate surface area is 179 Å². The normalized spacial score (nSPS) is 40.2. The second kappa shape index (κ2) is 6.93. The van der Waals surface area contributed by atoms with Gasteiger partial charge in [-0.15, -0.1) is 0 Å². The molecule has 5 heteroatoms. The van der Waals surface area contributed by atoms with E-state index in [1.165, 1.54) is 18.5 Å². The summed E-state index contributed by atoms with van der Waals surface area (Å²) in [4.78, 5) is 31.1. The molecule has 0 bridgehead atoms. The molecule has 2 amide bonds. The lowest BCUT2D eigenvalue weighted by molar-refractivity contribution is -0.135. The number of allylic oxidation sites excluding steroid dienone is 2. The van der Waals surface area contributed by atoms with Gasteiger partial charge < -0.3 is 10.2 Å². The van der Waals surface area contributed by atoms with Gasteiger partial charge in [-0.2, -0.15) is 0 Å². The highest BCUT2D eigenvalue weighted by atomic mass is 16.2. The van der Waals surface area contributed by atoms with Gasteiger partial charge in [0.05, 0.1) is 0 Å². The fourth-order valence-corrected chi connectivity index (χ4v) is 7.56. The number of pyridine rings is 1. The zero-order valence-corrected chi connectivity index (χ0v) is 18.4. The van der Waals surface area contributed by atoms with Crippen molar-refractivity contribution in [2.75, 3.05) is 7.05 Å². The number of carbonyl (C=O) groups is 2. The molecule has 1 N–H and O–H groups in total. The average molecular weight is 408 g/mol. The van der Waals surface area contributed by atoms with E-state index >= 15 is 0 Å². The van der Waals surface area contributed by atoms with Gasteiger partial charge in [-0.3, -0.25) is 14.6 Å². The highest BCUT2D eigenvalue weighted by Crippen LogP contribution is 2.64. The van der Waals surface area contributed by atoms with E-state index in [1.54, 1.807) is 24.5 Å². The number of amides is 2. The first-order valence-electron chi connectivity index (χ1n) is 11.5. The Hall–Kier alpha value is -2.17. The molecule has 1 aromatic rings. The van der Waals surface area contributed by atoms with Gasteiger partial charge in [0.15, 0.2) is 0 Å². The first kappa shape index (κ1) is 19.8. The molecule has 1 aromatic heterocycles. The van der Waals surface area contributed by atoms with Crippen molar-refractivity contribution in [3.63, 3.8) is 0 Å². The van der Waals surface area contributed by atoms with Gasteiger partial charge in [-0.1, -0.05) is 19.9 Å². The van der Waals surface area contributed by atoms with Crippen LogP contribution in [0.5, 0.6) is 0 Å². The minimum Gasteiger partial charge on any atom is -0.349 e. The Morgan fingerprint density at radius 2 is 1.90 bits per heavy atom. The maximum absolute atomic E-state index is 12.8. The zero-order valence-electron chi connectivity index (χ0n) is 18.4. The molecule has 2 heterocycles. The van der Waals surface area contributed by atoms with Crippen LogP contribution >= 0.6 is 0 Å². The third-order valence-electron chi connectivity index (χ3n) is 9.27. The molecular weight excluding hydrogens is 374 g/mol. The summed E-state index contributed by atoms with van der Waals surface area (Å²) in [5.41, 5.74) is 2.23. The van der Waals surface area contributed by atoms with E-state index in [0.717, 1.165) is 25.7 Å². The van der Waals surface area contributed by atoms with Gasteiger partial charge in [-0.25, -0.2) is 0 Å². The third kappa shape index (κ3) is 2.77. The minimum atomic E-state index is 0.0246. The number of rotatable bonds is 2. The molecule has 30 heavy (non-hydrogen) atoms. The lowest BCUT2D eigenvalue weighted by Gasteiger charge is -2.58. The Morgan fingerprint density at radius 3 is 2.67 bits per heavy atom.